The van der Waals surface area contributed by atoms with E-state index < -0.39 is 17.5 Å². The summed E-state index contributed by atoms with van der Waals surface area (Å²) in [5.74, 6) is -0.261. The van der Waals surface area contributed by atoms with E-state index in [9.17, 15) is 13.6 Å². The first kappa shape index (κ1) is 27.4. The van der Waals surface area contributed by atoms with Crippen LogP contribution in [-0.4, -0.2) is 10.9 Å². The van der Waals surface area contributed by atoms with Gasteiger partial charge < -0.3 is 19.2 Å². The van der Waals surface area contributed by atoms with Crippen LogP contribution in [0.1, 0.15) is 67.8 Å². The normalized spacial score (nSPS) is 17.5. The summed E-state index contributed by atoms with van der Waals surface area (Å²) in [4.78, 5) is 17.0. The Hall–Kier alpha value is -4.20. The zero-order valence-corrected chi connectivity index (χ0v) is 23.3. The van der Waals surface area contributed by atoms with Crippen molar-refractivity contribution in [3.63, 3.8) is 0 Å². The van der Waals surface area contributed by atoms with Crippen LogP contribution in [0.2, 0.25) is 0 Å². The predicted octanol–water partition coefficient (Wildman–Crippen LogP) is 8.77. The van der Waals surface area contributed by atoms with E-state index in [0.717, 1.165) is 17.7 Å². The van der Waals surface area contributed by atoms with Crippen LogP contribution in [0.5, 0.6) is 23.3 Å². The van der Waals surface area contributed by atoms with E-state index in [-0.39, 0.29) is 34.4 Å². The molecule has 2 aromatic carbocycles. The molecule has 40 heavy (non-hydrogen) atoms. The van der Waals surface area contributed by atoms with Crippen molar-refractivity contribution in [1.29, 1.82) is 0 Å². The molecule has 8 heteroatoms. The summed E-state index contributed by atoms with van der Waals surface area (Å²) in [6.07, 6.45) is 1.43. The van der Waals surface area contributed by atoms with Crippen LogP contribution in [-0.2, 0) is 5.41 Å². The second-order valence-electron chi connectivity index (χ2n) is 11.2. The molecule has 1 amide bonds. The van der Waals surface area contributed by atoms with Crippen molar-refractivity contribution in [2.24, 2.45) is 11.8 Å². The average Bonchev–Trinajstić information content (AvgIpc) is 3.43. The number of halogens is 2. The number of carbonyl (C=O) groups is 1. The Morgan fingerprint density at radius 2 is 1.82 bits per heavy atom. The largest absolute Gasteiger partial charge is 0.434 e. The maximum Gasteiger partial charge on any atom is 0.291 e. The number of fused-ring (bicyclic) bond motifs is 1. The van der Waals surface area contributed by atoms with Gasteiger partial charge in [-0.1, -0.05) is 40.7 Å². The van der Waals surface area contributed by atoms with E-state index in [4.69, 9.17) is 13.9 Å². The summed E-state index contributed by atoms with van der Waals surface area (Å²) in [6.45, 7) is 13.4. The van der Waals surface area contributed by atoms with Crippen molar-refractivity contribution in [1.82, 2.24) is 4.98 Å². The number of hydrogen-bond donors (Lipinski definition) is 1. The van der Waals surface area contributed by atoms with Gasteiger partial charge in [-0.3, -0.25) is 4.79 Å². The molecule has 0 aliphatic heterocycles. The molecule has 2 unspecified atom stereocenters. The smallest absolute Gasteiger partial charge is 0.291 e. The highest BCUT2D eigenvalue weighted by atomic mass is 19.1. The Morgan fingerprint density at radius 1 is 1.05 bits per heavy atom. The van der Waals surface area contributed by atoms with Gasteiger partial charge in [-0.15, -0.1) is 0 Å². The summed E-state index contributed by atoms with van der Waals surface area (Å²) < 4.78 is 44.7. The van der Waals surface area contributed by atoms with E-state index in [0.29, 0.717) is 29.6 Å². The predicted molar refractivity (Wildman–Crippen MR) is 148 cm³/mol. The lowest BCUT2D eigenvalue weighted by molar-refractivity contribution is 0.0991. The molecule has 0 fully saturated rings. The third-order valence-corrected chi connectivity index (χ3v) is 7.93. The van der Waals surface area contributed by atoms with Gasteiger partial charge in [0.05, 0.1) is 0 Å². The zero-order valence-electron chi connectivity index (χ0n) is 23.3. The molecule has 0 saturated carbocycles. The van der Waals surface area contributed by atoms with Crippen molar-refractivity contribution in [2.75, 3.05) is 5.32 Å². The molecule has 1 aliphatic rings. The Kier molecular flexibility index (Phi) is 7.12. The number of pyridine rings is 1. The van der Waals surface area contributed by atoms with Crippen LogP contribution in [0.3, 0.4) is 0 Å². The minimum absolute atomic E-state index is 0.00592. The van der Waals surface area contributed by atoms with Crippen LogP contribution >= 0.6 is 0 Å². The van der Waals surface area contributed by atoms with Gasteiger partial charge >= 0.3 is 0 Å². The number of nitrogens with zero attached hydrogens (tertiary/aromatic N) is 1. The number of furan rings is 1. The average molecular weight is 547 g/mol. The van der Waals surface area contributed by atoms with Crippen LogP contribution < -0.4 is 14.8 Å². The van der Waals surface area contributed by atoms with E-state index in [1.807, 2.05) is 6.92 Å². The molecule has 6 nitrogen and oxygen atoms in total. The first-order valence-corrected chi connectivity index (χ1v) is 13.3. The van der Waals surface area contributed by atoms with Crippen molar-refractivity contribution < 1.29 is 27.5 Å². The number of carbonyl (C=O) groups excluding carboxylic acids is 1. The summed E-state index contributed by atoms with van der Waals surface area (Å²) in [7, 11) is 0. The van der Waals surface area contributed by atoms with Gasteiger partial charge in [0.2, 0.25) is 5.88 Å². The van der Waals surface area contributed by atoms with Crippen molar-refractivity contribution >= 4 is 11.6 Å². The molecule has 0 saturated heterocycles. The summed E-state index contributed by atoms with van der Waals surface area (Å²) in [5, 5.41) is 2.66. The van der Waals surface area contributed by atoms with Gasteiger partial charge in [-0.25, -0.2) is 13.8 Å². The van der Waals surface area contributed by atoms with Crippen molar-refractivity contribution in [3.8, 4) is 23.3 Å². The number of hydrogen-bond acceptors (Lipinski definition) is 5. The number of rotatable bonds is 7. The van der Waals surface area contributed by atoms with Gasteiger partial charge in [-0.05, 0) is 83.2 Å². The van der Waals surface area contributed by atoms with Crippen LogP contribution in [0.4, 0.5) is 14.5 Å². The van der Waals surface area contributed by atoms with Crippen molar-refractivity contribution in [3.05, 3.63) is 94.9 Å². The molecule has 208 valence electrons. The monoisotopic (exact) mass is 546 g/mol. The first-order chi connectivity index (χ1) is 19.0. The van der Waals surface area contributed by atoms with Gasteiger partial charge in [0.25, 0.3) is 11.9 Å². The topological polar surface area (TPSA) is 73.6 Å². The van der Waals surface area contributed by atoms with E-state index >= 15 is 0 Å². The fraction of sp³-hybridized carbons (Fsp3) is 0.312. The second kappa shape index (κ2) is 10.4. The Labute approximate surface area is 232 Å². The number of ether oxygens (including phenoxy) is 2. The lowest BCUT2D eigenvalue weighted by Crippen LogP contribution is -2.25. The highest BCUT2D eigenvalue weighted by Crippen LogP contribution is 2.54. The maximum atomic E-state index is 14.1. The Bertz CT molecular complexity index is 1580. The molecular weight excluding hydrogens is 514 g/mol. The standard InChI is InChI=1S/C32H32F2N2O4/c1-17(2)29-19(4)32(5,6)22-14-18(3)27(16-21(22)29)39-28-12-11-26(38-28)30(37)36-24-8-7-13-35-31(24)40-25-10-9-20(33)15-23(25)34/h7-17,19,29H,1-6H3,(H,36,37). The zero-order chi connectivity index (χ0) is 28.8. The van der Waals surface area contributed by atoms with Crippen molar-refractivity contribution in [2.45, 2.75) is 52.9 Å². The minimum Gasteiger partial charge on any atom is -0.434 e. The third-order valence-electron chi connectivity index (χ3n) is 7.93. The van der Waals surface area contributed by atoms with Crippen LogP contribution in [0.25, 0.3) is 0 Å². The SMILES string of the molecule is Cc1cc2c(cc1Oc1ccc(C(=O)Nc3cccnc3Oc3ccc(F)cc3F)o1)C(C(C)C)C(C)C2(C)C. The molecular formula is C32H32F2N2O4. The molecule has 2 atom stereocenters. The number of amides is 1. The first-order valence-electron chi connectivity index (χ1n) is 13.3. The summed E-state index contributed by atoms with van der Waals surface area (Å²) in [5.41, 5.74) is 3.86. The molecule has 0 radical (unpaired) electrons. The third kappa shape index (κ3) is 5.06. The molecule has 0 spiro atoms. The fourth-order valence-electron chi connectivity index (χ4n) is 5.57. The molecule has 4 aromatic rings. The summed E-state index contributed by atoms with van der Waals surface area (Å²) >= 11 is 0. The van der Waals surface area contributed by atoms with Crippen LogP contribution in [0.15, 0.2) is 65.2 Å². The highest BCUT2D eigenvalue weighted by molar-refractivity contribution is 6.03. The molecule has 5 rings (SSSR count). The van der Waals surface area contributed by atoms with E-state index in [2.05, 4.69) is 57.1 Å². The maximum absolute atomic E-state index is 14.1. The number of aryl methyl sites for hydroxylation is 1. The van der Waals surface area contributed by atoms with E-state index in [1.165, 1.54) is 23.4 Å². The quantitative estimate of drug-likeness (QED) is 0.251. The lowest BCUT2D eigenvalue weighted by Gasteiger charge is -2.30. The number of anilines is 1. The Balaban J connectivity index is 1.34. The van der Waals surface area contributed by atoms with Gasteiger partial charge in [-0.2, -0.15) is 0 Å². The summed E-state index contributed by atoms with van der Waals surface area (Å²) in [6, 6.07) is 13.4. The molecule has 1 N–H and O–H groups in total. The molecule has 2 heterocycles. The van der Waals surface area contributed by atoms with Gasteiger partial charge in [0, 0.05) is 18.3 Å². The number of nitrogens with one attached hydrogen (secondary N) is 1. The minimum atomic E-state index is -0.893. The van der Waals surface area contributed by atoms with Gasteiger partial charge in [0.15, 0.2) is 17.3 Å². The van der Waals surface area contributed by atoms with E-state index in [1.54, 1.807) is 18.2 Å². The second-order valence-corrected chi connectivity index (χ2v) is 11.2. The lowest BCUT2D eigenvalue weighted by atomic mass is 9.74. The number of benzene rings is 2. The number of aromatic nitrogens is 1. The fourth-order valence-corrected chi connectivity index (χ4v) is 5.57. The molecule has 1 aliphatic carbocycles. The molecule has 2 aromatic heterocycles. The van der Waals surface area contributed by atoms with Gasteiger partial charge in [0.1, 0.15) is 17.3 Å². The molecule has 0 bridgehead atoms. The Morgan fingerprint density at radius 3 is 2.55 bits per heavy atom. The highest BCUT2D eigenvalue weighted by Gasteiger charge is 2.45. The van der Waals surface area contributed by atoms with Crippen LogP contribution in [0, 0.1) is 30.4 Å².